The number of nitrogens with zero attached hydrogens (tertiary/aromatic N) is 1. The van der Waals surface area contributed by atoms with Crippen molar-refractivity contribution in [2.45, 2.75) is 32.9 Å². The number of benzene rings is 3. The van der Waals surface area contributed by atoms with Crippen LogP contribution in [0.25, 0.3) is 27.6 Å². The molecule has 0 unspecified atom stereocenters. The molecule has 0 radical (unpaired) electrons. The lowest BCUT2D eigenvalue weighted by Crippen LogP contribution is -2.32. The molecule has 0 spiro atoms. The van der Waals surface area contributed by atoms with E-state index in [2.05, 4.69) is 5.32 Å². The van der Waals surface area contributed by atoms with Crippen LogP contribution in [-0.2, 0) is 16.0 Å². The molecule has 1 amide bonds. The minimum Gasteiger partial charge on any atom is -0.508 e. The van der Waals surface area contributed by atoms with Gasteiger partial charge in [-0.2, -0.15) is 0 Å². The first kappa shape index (κ1) is 30.8. The van der Waals surface area contributed by atoms with E-state index < -0.39 is 23.2 Å². The zero-order valence-corrected chi connectivity index (χ0v) is 25.1. The number of phenols is 1. The fourth-order valence-corrected chi connectivity index (χ4v) is 4.69. The van der Waals surface area contributed by atoms with Crippen LogP contribution in [0.15, 0.2) is 59.4 Å². The van der Waals surface area contributed by atoms with Crippen molar-refractivity contribution >= 4 is 22.8 Å². The molecule has 0 aliphatic carbocycles. The zero-order valence-electron chi connectivity index (χ0n) is 25.1. The van der Waals surface area contributed by atoms with Gasteiger partial charge in [0.15, 0.2) is 11.5 Å². The Morgan fingerprint density at radius 1 is 0.860 bits per heavy atom. The number of ether oxygens (including phenoxy) is 5. The lowest BCUT2D eigenvalue weighted by atomic mass is 9.95. The normalized spacial score (nSPS) is 11.1. The maximum absolute atomic E-state index is 14.0. The number of aromatic nitrogens is 1. The average Bonchev–Trinajstić information content (AvgIpc) is 2.98. The summed E-state index contributed by atoms with van der Waals surface area (Å²) < 4.78 is 28.3. The molecular weight excluding hydrogens is 556 g/mol. The second-order valence-corrected chi connectivity index (χ2v) is 10.5. The van der Waals surface area contributed by atoms with Crippen molar-refractivity contribution in [3.63, 3.8) is 0 Å². The summed E-state index contributed by atoms with van der Waals surface area (Å²) in [5, 5.41) is 13.6. The third kappa shape index (κ3) is 6.35. The molecule has 0 bridgehead atoms. The third-order valence-corrected chi connectivity index (χ3v) is 6.53. The van der Waals surface area contributed by atoms with Crippen LogP contribution in [0.1, 0.15) is 36.8 Å². The van der Waals surface area contributed by atoms with E-state index in [4.69, 9.17) is 23.7 Å². The number of nitrogens with one attached hydrogen (secondary N) is 1. The number of esters is 1. The van der Waals surface area contributed by atoms with Crippen molar-refractivity contribution in [2.24, 2.45) is 0 Å². The first-order chi connectivity index (χ1) is 20.4. The first-order valence-electron chi connectivity index (χ1n) is 13.3. The topological polar surface area (TPSA) is 135 Å². The fraction of sp³-hybridized carbons (Fsp3) is 0.281. The third-order valence-electron chi connectivity index (χ3n) is 6.53. The van der Waals surface area contributed by atoms with E-state index in [-0.39, 0.29) is 23.4 Å². The van der Waals surface area contributed by atoms with E-state index in [1.54, 1.807) is 63.2 Å². The number of phenolic OH excluding ortho intramolecular Hbond substituents is 1. The monoisotopic (exact) mass is 590 g/mol. The number of rotatable bonds is 8. The predicted octanol–water partition coefficient (Wildman–Crippen LogP) is 5.20. The number of methoxy groups -OCH3 is 4. The summed E-state index contributed by atoms with van der Waals surface area (Å²) in [6.45, 7) is 5.49. The highest BCUT2D eigenvalue weighted by Crippen LogP contribution is 2.44. The summed E-state index contributed by atoms with van der Waals surface area (Å²) in [6, 6.07) is 14.4. The predicted molar refractivity (Wildman–Crippen MR) is 161 cm³/mol. The molecule has 0 aliphatic rings. The Kier molecular flexibility index (Phi) is 8.84. The molecule has 3 aromatic carbocycles. The molecule has 0 atom stereocenters. The smallest absolute Gasteiger partial charge is 0.407 e. The number of carbonyl (C=O) groups excluding carboxylic acids is 2. The van der Waals surface area contributed by atoms with Crippen LogP contribution in [0.5, 0.6) is 23.0 Å². The standard InChI is InChI=1S/C32H34N2O9/c1-32(2,3)43-31(38)33-17-18-8-10-20(11-9-18)34-27(30(37)42-7)26(22-13-12-21(35)16-23(22)29(34)36)19-14-24(39-4)28(41-6)25(15-19)40-5/h8-16,35H,17H2,1-7H3,(H,33,38). The van der Waals surface area contributed by atoms with E-state index in [1.807, 2.05) is 0 Å². The van der Waals surface area contributed by atoms with Gasteiger partial charge in [0.25, 0.3) is 5.56 Å². The van der Waals surface area contributed by atoms with E-state index >= 15 is 0 Å². The molecular formula is C32H34N2O9. The van der Waals surface area contributed by atoms with Gasteiger partial charge in [-0.05, 0) is 79.7 Å². The quantitative estimate of drug-likeness (QED) is 0.266. The zero-order chi connectivity index (χ0) is 31.5. The average molecular weight is 591 g/mol. The molecule has 0 saturated carbocycles. The molecule has 0 saturated heterocycles. The maximum Gasteiger partial charge on any atom is 0.407 e. The Labute approximate surface area is 248 Å². The molecule has 226 valence electrons. The molecule has 4 rings (SSSR count). The Hall–Kier alpha value is -5.19. The van der Waals surface area contributed by atoms with Crippen molar-refractivity contribution in [3.05, 3.63) is 76.2 Å². The maximum atomic E-state index is 14.0. The van der Waals surface area contributed by atoms with E-state index in [1.165, 1.54) is 45.1 Å². The summed E-state index contributed by atoms with van der Waals surface area (Å²) in [6.07, 6.45) is -0.565. The van der Waals surface area contributed by atoms with Gasteiger partial charge in [0.2, 0.25) is 5.75 Å². The number of pyridine rings is 1. The highest BCUT2D eigenvalue weighted by atomic mass is 16.6. The van der Waals surface area contributed by atoms with E-state index in [0.29, 0.717) is 39.4 Å². The first-order valence-corrected chi connectivity index (χ1v) is 13.3. The summed E-state index contributed by atoms with van der Waals surface area (Å²) in [5.74, 6) is 0.116. The molecule has 2 N–H and O–H groups in total. The van der Waals surface area contributed by atoms with Gasteiger partial charge >= 0.3 is 12.1 Å². The molecule has 1 heterocycles. The van der Waals surface area contributed by atoms with Crippen molar-refractivity contribution in [2.75, 3.05) is 28.4 Å². The summed E-state index contributed by atoms with van der Waals surface area (Å²) in [5.41, 5.74) is 0.644. The van der Waals surface area contributed by atoms with Crippen LogP contribution >= 0.6 is 0 Å². The number of alkyl carbamates (subject to hydrolysis) is 1. The van der Waals surface area contributed by atoms with Crippen molar-refractivity contribution < 1.29 is 38.4 Å². The van der Waals surface area contributed by atoms with Crippen LogP contribution in [0.2, 0.25) is 0 Å². The van der Waals surface area contributed by atoms with Crippen LogP contribution in [0.3, 0.4) is 0 Å². The summed E-state index contributed by atoms with van der Waals surface area (Å²) in [7, 11) is 5.64. The summed E-state index contributed by atoms with van der Waals surface area (Å²) >= 11 is 0. The van der Waals surface area contributed by atoms with Crippen molar-refractivity contribution in [1.29, 1.82) is 0 Å². The number of aromatic hydroxyl groups is 1. The lowest BCUT2D eigenvalue weighted by molar-refractivity contribution is 0.0522. The van der Waals surface area contributed by atoms with Crippen molar-refractivity contribution in [3.8, 4) is 39.8 Å². The number of amides is 1. The molecule has 11 nitrogen and oxygen atoms in total. The highest BCUT2D eigenvalue weighted by molar-refractivity contribution is 6.07. The minimum absolute atomic E-state index is 0.0559. The Bertz CT molecular complexity index is 1710. The van der Waals surface area contributed by atoms with Crippen molar-refractivity contribution in [1.82, 2.24) is 9.88 Å². The van der Waals surface area contributed by atoms with Gasteiger partial charge < -0.3 is 34.1 Å². The SMILES string of the molecule is COC(=O)c1c(-c2cc(OC)c(OC)c(OC)c2)c2ccc(O)cc2c(=O)n1-c1ccc(CNC(=O)OC(C)(C)C)cc1. The number of hydrogen-bond donors (Lipinski definition) is 2. The number of hydrogen-bond acceptors (Lipinski definition) is 9. The highest BCUT2D eigenvalue weighted by Gasteiger charge is 2.27. The summed E-state index contributed by atoms with van der Waals surface area (Å²) in [4.78, 5) is 39.6. The number of fused-ring (bicyclic) bond motifs is 1. The van der Waals surface area contributed by atoms with Gasteiger partial charge in [0.05, 0.1) is 33.8 Å². The Morgan fingerprint density at radius 2 is 1.49 bits per heavy atom. The molecule has 1 aromatic heterocycles. The minimum atomic E-state index is -0.772. The van der Waals surface area contributed by atoms with Gasteiger partial charge in [-0.25, -0.2) is 9.59 Å². The van der Waals surface area contributed by atoms with E-state index in [0.717, 1.165) is 5.56 Å². The number of carbonyl (C=O) groups is 2. The largest absolute Gasteiger partial charge is 0.508 e. The van der Waals surface area contributed by atoms with E-state index in [9.17, 15) is 19.5 Å². The van der Waals surface area contributed by atoms with Gasteiger partial charge in [-0.1, -0.05) is 12.1 Å². The molecule has 4 aromatic rings. The van der Waals surface area contributed by atoms with Crippen LogP contribution < -0.4 is 25.1 Å². The lowest BCUT2D eigenvalue weighted by Gasteiger charge is -2.21. The molecule has 0 aliphatic heterocycles. The second kappa shape index (κ2) is 12.4. The Morgan fingerprint density at radius 3 is 2.02 bits per heavy atom. The van der Waals surface area contributed by atoms with Gasteiger partial charge in [0, 0.05) is 17.8 Å². The Balaban J connectivity index is 1.96. The molecule has 0 fully saturated rings. The second-order valence-electron chi connectivity index (χ2n) is 10.5. The van der Waals surface area contributed by atoms with Crippen LogP contribution in [-0.4, -0.2) is 55.8 Å². The molecule has 11 heteroatoms. The van der Waals surface area contributed by atoms with Gasteiger partial charge in [0.1, 0.15) is 17.0 Å². The molecule has 43 heavy (non-hydrogen) atoms. The van der Waals surface area contributed by atoms with Crippen LogP contribution in [0, 0.1) is 0 Å². The fourth-order valence-electron chi connectivity index (χ4n) is 4.69. The van der Waals surface area contributed by atoms with Gasteiger partial charge in [-0.15, -0.1) is 0 Å². The van der Waals surface area contributed by atoms with Gasteiger partial charge in [-0.3, -0.25) is 9.36 Å². The van der Waals surface area contributed by atoms with Crippen LogP contribution in [0.4, 0.5) is 4.79 Å².